The average Bonchev–Trinajstić information content (AvgIpc) is 2.13. The van der Waals surface area contributed by atoms with Gasteiger partial charge in [-0.1, -0.05) is 39.3 Å². The van der Waals surface area contributed by atoms with Crippen molar-refractivity contribution in [1.82, 2.24) is 0 Å². The fourth-order valence-corrected chi connectivity index (χ4v) is 2.73. The lowest BCUT2D eigenvalue weighted by molar-refractivity contribution is 0.200. The van der Waals surface area contributed by atoms with Crippen molar-refractivity contribution in [3.63, 3.8) is 0 Å². The summed E-state index contributed by atoms with van der Waals surface area (Å²) >= 11 is 0. The van der Waals surface area contributed by atoms with Crippen LogP contribution in [0.1, 0.15) is 40.5 Å². The molecular weight excluding hydrogens is 172 g/mol. The lowest BCUT2D eigenvalue weighted by Gasteiger charge is -2.36. The van der Waals surface area contributed by atoms with Gasteiger partial charge in [-0.05, 0) is 36.5 Å². The van der Waals surface area contributed by atoms with Crippen LogP contribution in [0.3, 0.4) is 0 Å². The van der Waals surface area contributed by atoms with E-state index in [9.17, 15) is 0 Å². The Hall–Kier alpha value is -0.300. The molecule has 3 atom stereocenters. The van der Waals surface area contributed by atoms with E-state index in [2.05, 4.69) is 33.8 Å². The molecule has 0 saturated carbocycles. The van der Waals surface area contributed by atoms with Crippen LogP contribution in [0.25, 0.3) is 0 Å². The Morgan fingerprint density at radius 3 is 2.57 bits per heavy atom. The number of allylic oxidation sites excluding steroid dienone is 1. The summed E-state index contributed by atoms with van der Waals surface area (Å²) in [5, 5.41) is 8.96. The van der Waals surface area contributed by atoms with E-state index in [-0.39, 0.29) is 0 Å². The molecule has 82 valence electrons. The minimum absolute atomic E-state index is 0.301. The molecule has 0 aromatic carbocycles. The average molecular weight is 196 g/mol. The van der Waals surface area contributed by atoms with Crippen LogP contribution in [0.15, 0.2) is 11.6 Å². The molecule has 0 spiro atoms. The molecule has 0 heterocycles. The molecule has 1 nitrogen and oxygen atoms in total. The van der Waals surface area contributed by atoms with Gasteiger partial charge in [0.2, 0.25) is 0 Å². The lowest BCUT2D eigenvalue weighted by Crippen LogP contribution is -2.28. The van der Waals surface area contributed by atoms with Crippen LogP contribution >= 0.6 is 0 Å². The third-order valence-corrected chi connectivity index (χ3v) is 3.96. The Morgan fingerprint density at radius 1 is 1.43 bits per heavy atom. The first-order valence-corrected chi connectivity index (χ1v) is 5.87. The first-order valence-electron chi connectivity index (χ1n) is 5.87. The van der Waals surface area contributed by atoms with Gasteiger partial charge in [0.15, 0.2) is 0 Å². The Kier molecular flexibility index (Phi) is 4.18. The van der Waals surface area contributed by atoms with Gasteiger partial charge in [-0.25, -0.2) is 0 Å². The van der Waals surface area contributed by atoms with E-state index in [1.165, 1.54) is 12.0 Å². The Bertz CT molecular complexity index is 205. The first kappa shape index (κ1) is 11.8. The summed E-state index contributed by atoms with van der Waals surface area (Å²) in [5.41, 5.74) is 1.47. The molecule has 0 aromatic heterocycles. The molecular formula is C13H24O. The molecule has 0 aromatic rings. The van der Waals surface area contributed by atoms with Gasteiger partial charge < -0.3 is 5.11 Å². The van der Waals surface area contributed by atoms with Gasteiger partial charge in [0, 0.05) is 6.61 Å². The maximum absolute atomic E-state index is 8.96. The fraction of sp³-hybridized carbons (Fsp3) is 0.846. The second-order valence-corrected chi connectivity index (χ2v) is 5.04. The van der Waals surface area contributed by atoms with E-state index in [0.29, 0.717) is 12.5 Å². The molecule has 1 N–H and O–H groups in total. The molecule has 0 fully saturated rings. The molecule has 0 radical (unpaired) electrons. The van der Waals surface area contributed by atoms with E-state index in [1.54, 1.807) is 0 Å². The summed E-state index contributed by atoms with van der Waals surface area (Å²) in [6, 6.07) is 0. The number of rotatable bonds is 3. The van der Waals surface area contributed by atoms with Gasteiger partial charge in [-0.15, -0.1) is 0 Å². The third-order valence-electron chi connectivity index (χ3n) is 3.96. The van der Waals surface area contributed by atoms with Crippen molar-refractivity contribution < 1.29 is 5.11 Å². The van der Waals surface area contributed by atoms with Crippen molar-refractivity contribution in [2.75, 3.05) is 6.61 Å². The van der Waals surface area contributed by atoms with Gasteiger partial charge in [-0.3, -0.25) is 0 Å². The second kappa shape index (κ2) is 4.97. The van der Waals surface area contributed by atoms with Crippen LogP contribution in [0, 0.1) is 23.7 Å². The molecule has 1 heteroatoms. The summed E-state index contributed by atoms with van der Waals surface area (Å²) in [6.45, 7) is 9.60. The Balaban J connectivity index is 2.70. The molecule has 0 amide bonds. The third kappa shape index (κ3) is 2.38. The van der Waals surface area contributed by atoms with Gasteiger partial charge >= 0.3 is 0 Å². The van der Waals surface area contributed by atoms with Crippen molar-refractivity contribution in [2.24, 2.45) is 23.7 Å². The highest BCUT2D eigenvalue weighted by atomic mass is 16.2. The van der Waals surface area contributed by atoms with Crippen LogP contribution in [-0.4, -0.2) is 11.7 Å². The zero-order chi connectivity index (χ0) is 10.7. The van der Waals surface area contributed by atoms with E-state index in [0.717, 1.165) is 24.2 Å². The van der Waals surface area contributed by atoms with E-state index < -0.39 is 0 Å². The SMILES string of the molecule is CC(C)C1CC=C(CCO)C(C)C1C. The van der Waals surface area contributed by atoms with Crippen molar-refractivity contribution in [1.29, 1.82) is 0 Å². The van der Waals surface area contributed by atoms with Crippen molar-refractivity contribution in [3.05, 3.63) is 11.6 Å². The summed E-state index contributed by atoms with van der Waals surface area (Å²) in [4.78, 5) is 0. The van der Waals surface area contributed by atoms with Gasteiger partial charge in [0.25, 0.3) is 0 Å². The molecule has 14 heavy (non-hydrogen) atoms. The van der Waals surface area contributed by atoms with Crippen LogP contribution in [-0.2, 0) is 0 Å². The van der Waals surface area contributed by atoms with Gasteiger partial charge in [0.1, 0.15) is 0 Å². The maximum Gasteiger partial charge on any atom is 0.0468 e. The quantitative estimate of drug-likeness (QED) is 0.687. The molecule has 3 unspecified atom stereocenters. The minimum atomic E-state index is 0.301. The summed E-state index contributed by atoms with van der Waals surface area (Å²) in [6.07, 6.45) is 4.44. The number of aliphatic hydroxyl groups is 1. The van der Waals surface area contributed by atoms with Crippen molar-refractivity contribution in [3.8, 4) is 0 Å². The van der Waals surface area contributed by atoms with Crippen LogP contribution < -0.4 is 0 Å². The summed E-state index contributed by atoms with van der Waals surface area (Å²) in [7, 11) is 0. The molecule has 1 aliphatic rings. The van der Waals surface area contributed by atoms with Gasteiger partial charge in [-0.2, -0.15) is 0 Å². The van der Waals surface area contributed by atoms with Crippen LogP contribution in [0.2, 0.25) is 0 Å². The minimum Gasteiger partial charge on any atom is -0.396 e. The van der Waals surface area contributed by atoms with E-state index in [4.69, 9.17) is 5.11 Å². The largest absolute Gasteiger partial charge is 0.396 e. The zero-order valence-electron chi connectivity index (χ0n) is 9.96. The topological polar surface area (TPSA) is 20.2 Å². The monoisotopic (exact) mass is 196 g/mol. The van der Waals surface area contributed by atoms with Crippen LogP contribution in [0.4, 0.5) is 0 Å². The number of hydrogen-bond donors (Lipinski definition) is 1. The van der Waals surface area contributed by atoms with E-state index in [1.807, 2.05) is 0 Å². The van der Waals surface area contributed by atoms with Crippen molar-refractivity contribution >= 4 is 0 Å². The standard InChI is InChI=1S/C13H24O/c1-9(2)13-6-5-12(7-8-14)10(3)11(13)4/h5,9-11,13-14H,6-8H2,1-4H3. The zero-order valence-corrected chi connectivity index (χ0v) is 9.96. The Labute approximate surface area is 88.2 Å². The molecule has 0 saturated heterocycles. The normalized spacial score (nSPS) is 33.3. The second-order valence-electron chi connectivity index (χ2n) is 5.04. The molecule has 1 rings (SSSR count). The number of aliphatic hydroxyl groups excluding tert-OH is 1. The first-order chi connectivity index (χ1) is 6.57. The molecule has 0 bridgehead atoms. The fourth-order valence-electron chi connectivity index (χ4n) is 2.73. The van der Waals surface area contributed by atoms with Crippen molar-refractivity contribution in [2.45, 2.75) is 40.5 Å². The molecule has 0 aliphatic heterocycles. The predicted octanol–water partition coefficient (Wildman–Crippen LogP) is 3.24. The molecule has 1 aliphatic carbocycles. The smallest absolute Gasteiger partial charge is 0.0468 e. The lowest BCUT2D eigenvalue weighted by atomic mass is 9.69. The van der Waals surface area contributed by atoms with Gasteiger partial charge in [0.05, 0.1) is 0 Å². The maximum atomic E-state index is 8.96. The predicted molar refractivity (Wildman–Crippen MR) is 61.1 cm³/mol. The highest BCUT2D eigenvalue weighted by molar-refractivity contribution is 5.12. The summed E-state index contributed by atoms with van der Waals surface area (Å²) < 4.78 is 0. The highest BCUT2D eigenvalue weighted by Crippen LogP contribution is 2.39. The summed E-state index contributed by atoms with van der Waals surface area (Å²) in [5.74, 6) is 3.02. The Morgan fingerprint density at radius 2 is 2.07 bits per heavy atom. The highest BCUT2D eigenvalue weighted by Gasteiger charge is 2.29. The van der Waals surface area contributed by atoms with E-state index >= 15 is 0 Å². The number of hydrogen-bond acceptors (Lipinski definition) is 1. The van der Waals surface area contributed by atoms with Crippen LogP contribution in [0.5, 0.6) is 0 Å².